The molecule has 0 spiro atoms. The van der Waals surface area contributed by atoms with Crippen LogP contribution in [-0.2, 0) is 19.2 Å². The highest BCUT2D eigenvalue weighted by Crippen LogP contribution is 2.64. The second-order valence-electron chi connectivity index (χ2n) is 10.4. The quantitative estimate of drug-likeness (QED) is 0.376. The zero-order valence-corrected chi connectivity index (χ0v) is 20.3. The summed E-state index contributed by atoms with van der Waals surface area (Å²) in [6, 6.07) is 13.5. The molecule has 0 unspecified atom stereocenters. The van der Waals surface area contributed by atoms with Crippen molar-refractivity contribution < 1.29 is 34.2 Å². The van der Waals surface area contributed by atoms with E-state index in [0.29, 0.717) is 17.0 Å². The molecule has 9 nitrogen and oxygen atoms in total. The number of allylic oxidation sites excluding steroid dienone is 2. The summed E-state index contributed by atoms with van der Waals surface area (Å²) < 4.78 is 5.24. The molecule has 2 heterocycles. The molecule has 2 saturated heterocycles. The van der Waals surface area contributed by atoms with Crippen LogP contribution >= 0.6 is 0 Å². The van der Waals surface area contributed by atoms with E-state index in [2.05, 4.69) is 0 Å². The summed E-state index contributed by atoms with van der Waals surface area (Å²) in [4.78, 5) is 54.8. The van der Waals surface area contributed by atoms with Crippen LogP contribution in [0, 0.1) is 29.1 Å². The van der Waals surface area contributed by atoms with E-state index in [1.807, 2.05) is 6.08 Å². The highest BCUT2D eigenvalue weighted by atomic mass is 16.5. The third-order valence-electron chi connectivity index (χ3n) is 8.81. The van der Waals surface area contributed by atoms with Crippen molar-refractivity contribution in [2.45, 2.75) is 25.7 Å². The van der Waals surface area contributed by atoms with Crippen LogP contribution in [-0.4, -0.2) is 46.1 Å². The van der Waals surface area contributed by atoms with Crippen LogP contribution in [0.5, 0.6) is 11.5 Å². The van der Waals surface area contributed by atoms with Crippen molar-refractivity contribution in [3.8, 4) is 11.5 Å². The van der Waals surface area contributed by atoms with Gasteiger partial charge in [-0.15, -0.1) is 0 Å². The van der Waals surface area contributed by atoms with Gasteiger partial charge >= 0.3 is 0 Å². The number of carbonyl (C=O) groups is 4. The summed E-state index contributed by atoms with van der Waals surface area (Å²) in [5, 5.41) is 21.4. The highest BCUT2D eigenvalue weighted by molar-refractivity contribution is 6.24. The predicted molar refractivity (Wildman–Crippen MR) is 129 cm³/mol. The molecule has 9 heteroatoms. The molecule has 0 radical (unpaired) electrons. The van der Waals surface area contributed by atoms with E-state index in [4.69, 9.17) is 4.74 Å². The third kappa shape index (κ3) is 3.00. The Kier molecular flexibility index (Phi) is 5.07. The SMILES string of the molecule is COc1ccc([C@H]2C3=CC[C@@H]4C(=O)N(O)C(=O)[C@@H]4[C@@H]3C[C@H]3C(=O)N(c4ccccc4)C(=O)[C@@]23C)c(O)c1. The second-order valence-corrected chi connectivity index (χ2v) is 10.4. The fourth-order valence-corrected chi connectivity index (χ4v) is 7.06. The predicted octanol–water partition coefficient (Wildman–Crippen LogP) is 3.02. The molecule has 6 rings (SSSR count). The van der Waals surface area contributed by atoms with E-state index < -0.39 is 46.8 Å². The number of aromatic hydroxyl groups is 1. The van der Waals surface area contributed by atoms with Crippen LogP contribution in [0.4, 0.5) is 5.69 Å². The number of hydrogen-bond donors (Lipinski definition) is 2. The molecule has 3 fully saturated rings. The Morgan fingerprint density at radius 1 is 0.973 bits per heavy atom. The van der Waals surface area contributed by atoms with E-state index >= 15 is 0 Å². The number of anilines is 1. The molecule has 2 aliphatic carbocycles. The fraction of sp³-hybridized carbons (Fsp3) is 0.357. The number of fused-ring (bicyclic) bond motifs is 4. The average molecular weight is 503 g/mol. The molecule has 37 heavy (non-hydrogen) atoms. The smallest absolute Gasteiger partial charge is 0.257 e. The van der Waals surface area contributed by atoms with Gasteiger partial charge in [-0.05, 0) is 43.9 Å². The zero-order chi connectivity index (χ0) is 26.2. The van der Waals surface area contributed by atoms with E-state index in [9.17, 15) is 29.5 Å². The molecule has 2 aliphatic heterocycles. The number of rotatable bonds is 3. The topological polar surface area (TPSA) is 124 Å². The maximum Gasteiger partial charge on any atom is 0.257 e. The zero-order valence-electron chi connectivity index (χ0n) is 20.3. The van der Waals surface area contributed by atoms with Gasteiger partial charge in [0.15, 0.2) is 0 Å². The number of nitrogens with zero attached hydrogens (tertiary/aromatic N) is 2. The van der Waals surface area contributed by atoms with Gasteiger partial charge in [0.1, 0.15) is 11.5 Å². The van der Waals surface area contributed by atoms with Crippen molar-refractivity contribution in [1.29, 1.82) is 0 Å². The molecule has 2 N–H and O–H groups in total. The number of phenols is 1. The van der Waals surface area contributed by atoms with Gasteiger partial charge in [0.2, 0.25) is 11.8 Å². The Morgan fingerprint density at radius 2 is 1.70 bits per heavy atom. The monoisotopic (exact) mass is 502 g/mol. The lowest BCUT2D eigenvalue weighted by molar-refractivity contribution is -0.173. The van der Waals surface area contributed by atoms with E-state index in [0.717, 1.165) is 5.57 Å². The lowest BCUT2D eigenvalue weighted by Gasteiger charge is -2.49. The molecule has 190 valence electrons. The number of benzene rings is 2. The standard InChI is InChI=1S/C28H26N2O7/c1-28-20(25(33)29(27(28)35)14-6-4-3-5-7-14)13-19-16(10-11-18-22(19)26(34)30(36)24(18)32)23(28)17-9-8-15(37-2)12-21(17)31/h3-10,12,18-20,22-23,31,36H,11,13H2,1-2H3/t18-,19+,20-,22-,23+,28+/m0/s1. The van der Waals surface area contributed by atoms with Crippen LogP contribution in [0.15, 0.2) is 60.2 Å². The molecule has 2 aromatic rings. The Hall–Kier alpha value is -3.98. The largest absolute Gasteiger partial charge is 0.508 e. The number of imide groups is 2. The lowest BCUT2D eigenvalue weighted by atomic mass is 9.51. The highest BCUT2D eigenvalue weighted by Gasteiger charge is 2.67. The number of para-hydroxylation sites is 1. The first-order chi connectivity index (χ1) is 17.7. The molecule has 0 aromatic heterocycles. The maximum absolute atomic E-state index is 14.2. The number of ether oxygens (including phenoxy) is 1. The second kappa shape index (κ2) is 8.01. The third-order valence-corrected chi connectivity index (χ3v) is 8.81. The average Bonchev–Trinajstić information content (AvgIpc) is 3.24. The van der Waals surface area contributed by atoms with Crippen molar-refractivity contribution in [2.24, 2.45) is 29.1 Å². The summed E-state index contributed by atoms with van der Waals surface area (Å²) in [6.07, 6.45) is 2.25. The summed E-state index contributed by atoms with van der Waals surface area (Å²) in [5.74, 6) is -5.41. The molecule has 4 amide bonds. The molecular formula is C28H26N2O7. The summed E-state index contributed by atoms with van der Waals surface area (Å²) >= 11 is 0. The Bertz CT molecular complexity index is 1390. The minimum atomic E-state index is -1.25. The number of carbonyl (C=O) groups excluding carboxylic acids is 4. The van der Waals surface area contributed by atoms with Crippen molar-refractivity contribution >= 4 is 29.3 Å². The van der Waals surface area contributed by atoms with Gasteiger partial charge in [-0.25, -0.2) is 4.90 Å². The van der Waals surface area contributed by atoms with Crippen LogP contribution in [0.3, 0.4) is 0 Å². The number of phenolic OH excluding ortho intramolecular Hbond substituents is 1. The molecule has 4 aliphatic rings. The Morgan fingerprint density at radius 3 is 2.38 bits per heavy atom. The fourth-order valence-electron chi connectivity index (χ4n) is 7.06. The number of amides is 4. The number of hydrogen-bond acceptors (Lipinski definition) is 7. The van der Waals surface area contributed by atoms with Gasteiger partial charge in [-0.2, -0.15) is 5.06 Å². The minimum absolute atomic E-state index is 0.0935. The number of methoxy groups -OCH3 is 1. The summed E-state index contributed by atoms with van der Waals surface area (Å²) in [7, 11) is 1.48. The van der Waals surface area contributed by atoms with Gasteiger partial charge in [0.05, 0.1) is 36.0 Å². The maximum atomic E-state index is 14.2. The van der Waals surface area contributed by atoms with Crippen LogP contribution in [0.25, 0.3) is 0 Å². The van der Waals surface area contributed by atoms with E-state index in [-0.39, 0.29) is 35.5 Å². The van der Waals surface area contributed by atoms with Gasteiger partial charge in [0, 0.05) is 17.5 Å². The normalized spacial score (nSPS) is 32.7. The molecule has 0 bridgehead atoms. The first kappa shape index (κ1) is 23.4. The lowest BCUT2D eigenvalue weighted by Crippen LogP contribution is -2.48. The molecule has 6 atom stereocenters. The Labute approximate surface area is 212 Å². The van der Waals surface area contributed by atoms with Gasteiger partial charge in [0.25, 0.3) is 11.8 Å². The summed E-state index contributed by atoms with van der Waals surface area (Å²) in [6.45, 7) is 1.75. The van der Waals surface area contributed by atoms with Crippen molar-refractivity contribution in [2.75, 3.05) is 12.0 Å². The number of hydroxylamine groups is 2. The first-order valence-corrected chi connectivity index (χ1v) is 12.3. The first-order valence-electron chi connectivity index (χ1n) is 12.3. The molecule has 1 saturated carbocycles. The van der Waals surface area contributed by atoms with Crippen molar-refractivity contribution in [3.05, 3.63) is 65.7 Å². The van der Waals surface area contributed by atoms with Crippen molar-refractivity contribution in [1.82, 2.24) is 5.06 Å². The van der Waals surface area contributed by atoms with E-state index in [1.165, 1.54) is 18.1 Å². The Balaban J connectivity index is 1.55. The van der Waals surface area contributed by atoms with Crippen LogP contribution in [0.2, 0.25) is 0 Å². The van der Waals surface area contributed by atoms with Gasteiger partial charge < -0.3 is 9.84 Å². The van der Waals surface area contributed by atoms with Gasteiger partial charge in [-0.1, -0.05) is 35.9 Å². The molecule has 2 aromatic carbocycles. The van der Waals surface area contributed by atoms with E-state index in [1.54, 1.807) is 49.4 Å². The van der Waals surface area contributed by atoms with Gasteiger partial charge in [-0.3, -0.25) is 24.4 Å². The minimum Gasteiger partial charge on any atom is -0.508 e. The molecular weight excluding hydrogens is 476 g/mol. The van der Waals surface area contributed by atoms with Crippen LogP contribution < -0.4 is 9.64 Å². The van der Waals surface area contributed by atoms with Crippen molar-refractivity contribution in [3.63, 3.8) is 0 Å². The summed E-state index contributed by atoms with van der Waals surface area (Å²) in [5.41, 5.74) is 0.373. The van der Waals surface area contributed by atoms with Crippen LogP contribution in [0.1, 0.15) is 31.2 Å².